The van der Waals surface area contributed by atoms with Gasteiger partial charge in [-0.05, 0) is 23.3 Å². The summed E-state index contributed by atoms with van der Waals surface area (Å²) in [5, 5.41) is 7.66. The lowest BCUT2D eigenvalue weighted by molar-refractivity contribution is 0.507. The number of aromatic nitrogens is 2. The summed E-state index contributed by atoms with van der Waals surface area (Å²) in [7, 11) is 0. The van der Waals surface area contributed by atoms with Crippen molar-refractivity contribution in [3.63, 3.8) is 0 Å². The van der Waals surface area contributed by atoms with Gasteiger partial charge in [0, 0.05) is 30.9 Å². The van der Waals surface area contributed by atoms with Gasteiger partial charge in [-0.25, -0.2) is 13.8 Å². The van der Waals surface area contributed by atoms with Crippen molar-refractivity contribution in [1.29, 1.82) is 5.41 Å². The van der Waals surface area contributed by atoms with Crippen molar-refractivity contribution < 1.29 is 8.78 Å². The number of hydrogen-bond donors (Lipinski definition) is 2. The van der Waals surface area contributed by atoms with E-state index in [1.807, 2.05) is 29.0 Å². The zero-order valence-electron chi connectivity index (χ0n) is 12.8. The number of halogens is 2. The highest BCUT2D eigenvalue weighted by Crippen LogP contribution is 2.15. The van der Waals surface area contributed by atoms with Crippen molar-refractivity contribution in [3.8, 4) is 0 Å². The van der Waals surface area contributed by atoms with Gasteiger partial charge in [0.2, 0.25) is 0 Å². The van der Waals surface area contributed by atoms with E-state index in [0.29, 0.717) is 24.1 Å². The Morgan fingerprint density at radius 3 is 2.67 bits per heavy atom. The van der Waals surface area contributed by atoms with Crippen LogP contribution >= 0.6 is 0 Å². The Morgan fingerprint density at radius 1 is 1.12 bits per heavy atom. The molecule has 1 aromatic heterocycles. The Balaban J connectivity index is 1.86. The van der Waals surface area contributed by atoms with Crippen LogP contribution < -0.4 is 5.73 Å². The molecule has 0 aliphatic rings. The molecule has 1 heterocycles. The Bertz CT molecular complexity index is 886. The maximum absolute atomic E-state index is 13.4. The minimum absolute atomic E-state index is 0.00729. The molecule has 0 fully saturated rings. The van der Waals surface area contributed by atoms with E-state index >= 15 is 0 Å². The van der Waals surface area contributed by atoms with E-state index in [0.717, 1.165) is 17.5 Å². The van der Waals surface area contributed by atoms with E-state index in [1.165, 1.54) is 6.07 Å². The van der Waals surface area contributed by atoms with Gasteiger partial charge in [0.15, 0.2) is 11.6 Å². The van der Waals surface area contributed by atoms with Gasteiger partial charge in [-0.3, -0.25) is 5.41 Å². The molecule has 0 saturated carbocycles. The monoisotopic (exact) mass is 326 g/mol. The van der Waals surface area contributed by atoms with Gasteiger partial charge in [-0.1, -0.05) is 30.3 Å². The van der Waals surface area contributed by atoms with Gasteiger partial charge >= 0.3 is 0 Å². The van der Waals surface area contributed by atoms with E-state index < -0.39 is 11.6 Å². The summed E-state index contributed by atoms with van der Waals surface area (Å²) >= 11 is 0. The topological polar surface area (TPSA) is 67.7 Å². The molecule has 24 heavy (non-hydrogen) atoms. The van der Waals surface area contributed by atoms with Gasteiger partial charge in [0.1, 0.15) is 11.7 Å². The number of nitrogens with two attached hydrogens (primary N) is 1. The second kappa shape index (κ2) is 6.62. The summed E-state index contributed by atoms with van der Waals surface area (Å²) in [5.74, 6) is -1.00. The van der Waals surface area contributed by atoms with Gasteiger partial charge in [-0.2, -0.15) is 0 Å². The Hall–Kier alpha value is -3.02. The van der Waals surface area contributed by atoms with Crippen LogP contribution in [0.3, 0.4) is 0 Å². The third-order valence-corrected chi connectivity index (χ3v) is 3.80. The average Bonchev–Trinajstić information content (AvgIpc) is 2.98. The zero-order valence-corrected chi connectivity index (χ0v) is 12.8. The molecule has 122 valence electrons. The maximum Gasteiger partial charge on any atom is 0.159 e. The molecule has 0 radical (unpaired) electrons. The molecule has 4 nitrogen and oxygen atoms in total. The van der Waals surface area contributed by atoms with Crippen molar-refractivity contribution in [3.05, 3.63) is 89.0 Å². The molecule has 0 unspecified atom stereocenters. The second-order valence-corrected chi connectivity index (χ2v) is 5.47. The molecule has 3 rings (SSSR count). The summed E-state index contributed by atoms with van der Waals surface area (Å²) in [6.45, 7) is 0.495. The normalized spacial score (nSPS) is 10.8. The fourth-order valence-electron chi connectivity index (χ4n) is 2.59. The minimum atomic E-state index is -0.868. The first-order valence-corrected chi connectivity index (χ1v) is 7.41. The molecule has 3 N–H and O–H groups in total. The maximum atomic E-state index is 13.4. The number of rotatable bonds is 5. The number of amidine groups is 1. The summed E-state index contributed by atoms with van der Waals surface area (Å²) < 4.78 is 28.3. The van der Waals surface area contributed by atoms with Crippen molar-refractivity contribution in [2.45, 2.75) is 13.0 Å². The number of imidazole rings is 1. The highest BCUT2D eigenvalue weighted by molar-refractivity contribution is 5.96. The molecule has 0 spiro atoms. The summed E-state index contributed by atoms with van der Waals surface area (Å²) in [6.07, 6.45) is 3.85. The molecule has 6 heteroatoms. The SMILES string of the molecule is N=C(N)c1ccccc1Cn1ccnc1Cc1ccc(F)c(F)c1. The third-order valence-electron chi connectivity index (χ3n) is 3.80. The standard InChI is InChI=1S/C18H16F2N4/c19-15-6-5-12(9-16(15)20)10-17-23-7-8-24(17)11-13-3-1-2-4-14(13)18(21)22/h1-9H,10-11H2,(H3,21,22). The first-order chi connectivity index (χ1) is 11.5. The van der Waals surface area contributed by atoms with Gasteiger partial charge in [-0.15, -0.1) is 0 Å². The second-order valence-electron chi connectivity index (χ2n) is 5.47. The number of benzene rings is 2. The molecular weight excluding hydrogens is 310 g/mol. The van der Waals surface area contributed by atoms with Crippen LogP contribution in [-0.4, -0.2) is 15.4 Å². The molecule has 0 aliphatic carbocycles. The fraction of sp³-hybridized carbons (Fsp3) is 0.111. The van der Waals surface area contributed by atoms with Crippen molar-refractivity contribution in [2.24, 2.45) is 5.73 Å². The van der Waals surface area contributed by atoms with E-state index in [1.54, 1.807) is 18.3 Å². The van der Waals surface area contributed by atoms with E-state index in [2.05, 4.69) is 4.98 Å². The molecule has 2 aromatic carbocycles. The Morgan fingerprint density at radius 2 is 1.92 bits per heavy atom. The molecule has 0 saturated heterocycles. The van der Waals surface area contributed by atoms with E-state index in [9.17, 15) is 8.78 Å². The predicted molar refractivity (Wildman–Crippen MR) is 88.0 cm³/mol. The molecule has 0 amide bonds. The van der Waals surface area contributed by atoms with Crippen LogP contribution in [0, 0.1) is 17.0 Å². The lowest BCUT2D eigenvalue weighted by Gasteiger charge is -2.12. The van der Waals surface area contributed by atoms with Gasteiger partial charge < -0.3 is 10.3 Å². The van der Waals surface area contributed by atoms with Crippen molar-refractivity contribution in [2.75, 3.05) is 0 Å². The number of nitrogen functional groups attached to an aromatic ring is 1. The minimum Gasteiger partial charge on any atom is -0.384 e. The largest absolute Gasteiger partial charge is 0.384 e. The fourth-order valence-corrected chi connectivity index (χ4v) is 2.59. The molecule has 3 aromatic rings. The van der Waals surface area contributed by atoms with Gasteiger partial charge in [0.25, 0.3) is 0 Å². The summed E-state index contributed by atoms with van der Waals surface area (Å²) in [5.41, 5.74) is 7.83. The lowest BCUT2D eigenvalue weighted by Crippen LogP contribution is -2.15. The van der Waals surface area contributed by atoms with Crippen LogP contribution in [0.4, 0.5) is 8.78 Å². The van der Waals surface area contributed by atoms with Crippen LogP contribution in [0.15, 0.2) is 54.9 Å². The van der Waals surface area contributed by atoms with Gasteiger partial charge in [0.05, 0.1) is 0 Å². The quantitative estimate of drug-likeness (QED) is 0.559. The molecular formula is C18H16F2N4. The van der Waals surface area contributed by atoms with Crippen molar-refractivity contribution in [1.82, 2.24) is 9.55 Å². The summed E-state index contributed by atoms with van der Waals surface area (Å²) in [6, 6.07) is 11.2. The highest BCUT2D eigenvalue weighted by Gasteiger charge is 2.10. The number of nitrogens with one attached hydrogen (secondary N) is 1. The first kappa shape index (κ1) is 15.9. The summed E-state index contributed by atoms with van der Waals surface area (Å²) in [4.78, 5) is 4.30. The molecule has 0 bridgehead atoms. The van der Waals surface area contributed by atoms with Crippen LogP contribution in [0.1, 0.15) is 22.5 Å². The molecule has 0 aliphatic heterocycles. The third kappa shape index (κ3) is 3.32. The lowest BCUT2D eigenvalue weighted by atomic mass is 10.1. The Labute approximate surface area is 138 Å². The predicted octanol–water partition coefficient (Wildman–Crippen LogP) is 3.08. The first-order valence-electron chi connectivity index (χ1n) is 7.41. The number of hydrogen-bond acceptors (Lipinski definition) is 2. The van der Waals surface area contributed by atoms with E-state index in [-0.39, 0.29) is 5.84 Å². The van der Waals surface area contributed by atoms with E-state index in [4.69, 9.17) is 11.1 Å². The van der Waals surface area contributed by atoms with Crippen molar-refractivity contribution >= 4 is 5.84 Å². The van der Waals surface area contributed by atoms with Crippen LogP contribution in [0.5, 0.6) is 0 Å². The average molecular weight is 326 g/mol. The van der Waals surface area contributed by atoms with Crippen LogP contribution in [0.2, 0.25) is 0 Å². The number of nitrogens with zero attached hydrogens (tertiary/aromatic N) is 2. The smallest absolute Gasteiger partial charge is 0.159 e. The zero-order chi connectivity index (χ0) is 17.1. The van der Waals surface area contributed by atoms with Crippen LogP contribution in [-0.2, 0) is 13.0 Å². The highest BCUT2D eigenvalue weighted by atomic mass is 19.2. The van der Waals surface area contributed by atoms with Crippen LogP contribution in [0.25, 0.3) is 0 Å². The molecule has 0 atom stereocenters. The Kier molecular flexibility index (Phi) is 4.37.